The molecule has 1 fully saturated rings. The molecule has 1 aromatic rings. The number of rotatable bonds is 2. The molecule has 1 N–H and O–H groups in total. The smallest absolute Gasteiger partial charge is 0.286 e. The summed E-state index contributed by atoms with van der Waals surface area (Å²) in [4.78, 5) is 18.8. The molecule has 2 heterocycles. The van der Waals surface area contributed by atoms with E-state index in [1.807, 2.05) is 0 Å². The molecule has 21 heavy (non-hydrogen) atoms. The van der Waals surface area contributed by atoms with Crippen molar-refractivity contribution in [3.05, 3.63) is 28.7 Å². The van der Waals surface area contributed by atoms with Gasteiger partial charge in [0, 0.05) is 18.7 Å². The summed E-state index contributed by atoms with van der Waals surface area (Å²) in [7, 11) is 1.50. The number of likely N-dealkylation sites (tertiary alicyclic amines) is 1. The highest BCUT2D eigenvalue weighted by atomic mass is 32.2. The summed E-state index contributed by atoms with van der Waals surface area (Å²) in [6.45, 7) is 1.91. The fourth-order valence-electron chi connectivity index (χ4n) is 2.40. The maximum Gasteiger partial charge on any atom is 0.286 e. The van der Waals surface area contributed by atoms with Crippen molar-refractivity contribution < 1.29 is 14.6 Å². The molecule has 0 bridgehead atoms. The summed E-state index contributed by atoms with van der Waals surface area (Å²) in [5, 5.41) is 10.8. The summed E-state index contributed by atoms with van der Waals surface area (Å²) >= 11 is 1.37. The first-order valence-electron chi connectivity index (χ1n) is 6.82. The van der Waals surface area contributed by atoms with Crippen LogP contribution >= 0.6 is 11.8 Å². The molecule has 110 valence electrons. The molecule has 0 aliphatic carbocycles. The SMILES string of the molecule is COc1cccc(/C=C2/SC(N3CCCC3)=NC2=O)c1O. The van der Waals surface area contributed by atoms with Crippen molar-refractivity contribution in [2.75, 3.05) is 20.2 Å². The summed E-state index contributed by atoms with van der Waals surface area (Å²) in [6, 6.07) is 5.19. The Hall–Kier alpha value is -1.95. The Morgan fingerprint density at radius 3 is 2.86 bits per heavy atom. The van der Waals surface area contributed by atoms with Crippen molar-refractivity contribution in [3.63, 3.8) is 0 Å². The minimum Gasteiger partial charge on any atom is -0.504 e. The van der Waals surface area contributed by atoms with Crippen molar-refractivity contribution in [3.8, 4) is 11.5 Å². The Morgan fingerprint density at radius 1 is 1.38 bits per heavy atom. The molecule has 0 aromatic heterocycles. The number of amides is 1. The molecule has 0 radical (unpaired) electrons. The van der Waals surface area contributed by atoms with Crippen LogP contribution in [0.15, 0.2) is 28.1 Å². The Labute approximate surface area is 127 Å². The van der Waals surface area contributed by atoms with E-state index in [9.17, 15) is 9.90 Å². The number of phenolic OH excluding ortho intramolecular Hbond substituents is 1. The highest BCUT2D eigenvalue weighted by Gasteiger charge is 2.27. The van der Waals surface area contributed by atoms with Crippen LogP contribution in [0.5, 0.6) is 11.5 Å². The van der Waals surface area contributed by atoms with Gasteiger partial charge >= 0.3 is 0 Å². The maximum atomic E-state index is 12.0. The second-order valence-electron chi connectivity index (χ2n) is 4.90. The second-order valence-corrected chi connectivity index (χ2v) is 5.91. The Balaban J connectivity index is 1.84. The third-order valence-corrected chi connectivity index (χ3v) is 4.57. The zero-order valence-electron chi connectivity index (χ0n) is 11.7. The molecule has 0 spiro atoms. The van der Waals surface area contributed by atoms with Gasteiger partial charge in [-0.15, -0.1) is 0 Å². The van der Waals surface area contributed by atoms with Gasteiger partial charge < -0.3 is 14.7 Å². The van der Waals surface area contributed by atoms with E-state index in [1.165, 1.54) is 18.9 Å². The highest BCUT2D eigenvalue weighted by Crippen LogP contribution is 2.36. The van der Waals surface area contributed by atoms with E-state index in [1.54, 1.807) is 24.3 Å². The van der Waals surface area contributed by atoms with Crippen LogP contribution in [-0.2, 0) is 4.79 Å². The molecule has 0 saturated carbocycles. The molecule has 1 aromatic carbocycles. The monoisotopic (exact) mass is 304 g/mol. The lowest BCUT2D eigenvalue weighted by Crippen LogP contribution is -2.23. The lowest BCUT2D eigenvalue weighted by Gasteiger charge is -2.14. The number of hydrogen-bond donors (Lipinski definition) is 1. The van der Waals surface area contributed by atoms with Gasteiger partial charge in [0.1, 0.15) is 0 Å². The number of para-hydroxylation sites is 1. The number of nitrogens with zero attached hydrogens (tertiary/aromatic N) is 2. The summed E-state index contributed by atoms with van der Waals surface area (Å²) in [6.07, 6.45) is 3.95. The lowest BCUT2D eigenvalue weighted by atomic mass is 10.1. The zero-order valence-corrected chi connectivity index (χ0v) is 12.5. The number of amidine groups is 1. The molecule has 1 saturated heterocycles. The Morgan fingerprint density at radius 2 is 2.14 bits per heavy atom. The predicted molar refractivity (Wildman–Crippen MR) is 83.5 cm³/mol. The van der Waals surface area contributed by atoms with E-state index in [4.69, 9.17) is 4.74 Å². The topological polar surface area (TPSA) is 62.1 Å². The van der Waals surface area contributed by atoms with E-state index < -0.39 is 0 Å². The highest BCUT2D eigenvalue weighted by molar-refractivity contribution is 8.18. The van der Waals surface area contributed by atoms with Crippen LogP contribution in [0, 0.1) is 0 Å². The van der Waals surface area contributed by atoms with E-state index in [0.717, 1.165) is 31.1 Å². The average Bonchev–Trinajstić information content (AvgIpc) is 3.11. The molecular weight excluding hydrogens is 288 g/mol. The number of methoxy groups -OCH3 is 1. The molecule has 3 rings (SSSR count). The van der Waals surface area contributed by atoms with E-state index in [-0.39, 0.29) is 11.7 Å². The van der Waals surface area contributed by atoms with Crippen LogP contribution in [0.25, 0.3) is 6.08 Å². The minimum absolute atomic E-state index is 0.0375. The largest absolute Gasteiger partial charge is 0.504 e. The number of ether oxygens (including phenoxy) is 1. The van der Waals surface area contributed by atoms with Crippen LogP contribution < -0.4 is 4.74 Å². The number of carbonyl (C=O) groups is 1. The van der Waals surface area contributed by atoms with Gasteiger partial charge in [-0.1, -0.05) is 12.1 Å². The second kappa shape index (κ2) is 5.81. The number of aliphatic imine (C=N–C) groups is 1. The first kappa shape index (κ1) is 14.0. The molecule has 2 aliphatic heterocycles. The fraction of sp³-hybridized carbons (Fsp3) is 0.333. The first-order chi connectivity index (χ1) is 10.2. The number of thioether (sulfide) groups is 1. The van der Waals surface area contributed by atoms with Gasteiger partial charge in [0.15, 0.2) is 16.7 Å². The summed E-state index contributed by atoms with van der Waals surface area (Å²) in [5.74, 6) is 0.181. The van der Waals surface area contributed by atoms with Gasteiger partial charge in [-0.3, -0.25) is 4.79 Å². The third-order valence-electron chi connectivity index (χ3n) is 3.52. The van der Waals surface area contributed by atoms with Gasteiger partial charge in [-0.25, -0.2) is 0 Å². The van der Waals surface area contributed by atoms with Crippen molar-refractivity contribution in [1.82, 2.24) is 4.90 Å². The molecule has 2 aliphatic rings. The van der Waals surface area contributed by atoms with E-state index in [0.29, 0.717) is 16.2 Å². The quantitative estimate of drug-likeness (QED) is 0.850. The molecular formula is C15H16N2O3S. The third kappa shape index (κ3) is 2.76. The molecule has 1 amide bonds. The maximum absolute atomic E-state index is 12.0. The van der Waals surface area contributed by atoms with Crippen molar-refractivity contribution in [2.45, 2.75) is 12.8 Å². The molecule has 0 atom stereocenters. The number of hydrogen-bond acceptors (Lipinski definition) is 5. The normalized spacial score (nSPS) is 20.2. The van der Waals surface area contributed by atoms with Gasteiger partial charge in [0.25, 0.3) is 5.91 Å². The van der Waals surface area contributed by atoms with Crippen LogP contribution in [0.1, 0.15) is 18.4 Å². The number of aromatic hydroxyl groups is 1. The first-order valence-corrected chi connectivity index (χ1v) is 7.64. The standard InChI is InChI=1S/C15H16N2O3S/c1-20-11-6-4-5-10(13(11)18)9-12-14(19)16-15(21-12)17-7-2-3-8-17/h4-6,9,18H,2-3,7-8H2,1H3/b12-9+. The van der Waals surface area contributed by atoms with Crippen LogP contribution in [0.3, 0.4) is 0 Å². The lowest BCUT2D eigenvalue weighted by molar-refractivity contribution is -0.113. The predicted octanol–water partition coefficient (Wildman–Crippen LogP) is 2.47. The average molecular weight is 304 g/mol. The van der Waals surface area contributed by atoms with Gasteiger partial charge in [-0.05, 0) is 36.7 Å². The van der Waals surface area contributed by atoms with Crippen LogP contribution in [-0.4, -0.2) is 41.3 Å². The van der Waals surface area contributed by atoms with Gasteiger partial charge in [0.05, 0.1) is 12.0 Å². The van der Waals surface area contributed by atoms with Crippen LogP contribution in [0.2, 0.25) is 0 Å². The van der Waals surface area contributed by atoms with Gasteiger partial charge in [-0.2, -0.15) is 4.99 Å². The van der Waals surface area contributed by atoms with E-state index in [2.05, 4.69) is 9.89 Å². The summed E-state index contributed by atoms with van der Waals surface area (Å²) in [5.41, 5.74) is 0.558. The summed E-state index contributed by atoms with van der Waals surface area (Å²) < 4.78 is 5.07. The molecule has 5 nitrogen and oxygen atoms in total. The van der Waals surface area contributed by atoms with Gasteiger partial charge in [0.2, 0.25) is 0 Å². The van der Waals surface area contributed by atoms with Crippen molar-refractivity contribution in [2.24, 2.45) is 4.99 Å². The minimum atomic E-state index is -0.246. The van der Waals surface area contributed by atoms with Crippen LogP contribution in [0.4, 0.5) is 0 Å². The molecule has 0 unspecified atom stereocenters. The number of carbonyl (C=O) groups excluding carboxylic acids is 1. The fourth-order valence-corrected chi connectivity index (χ4v) is 3.36. The Kier molecular flexibility index (Phi) is 3.88. The number of benzene rings is 1. The molecule has 6 heteroatoms. The Bertz CT molecular complexity index is 634. The van der Waals surface area contributed by atoms with Crippen molar-refractivity contribution >= 4 is 28.9 Å². The zero-order chi connectivity index (χ0) is 14.8. The number of phenols is 1. The van der Waals surface area contributed by atoms with Crippen molar-refractivity contribution in [1.29, 1.82) is 0 Å². The van der Waals surface area contributed by atoms with E-state index >= 15 is 0 Å².